The Kier molecular flexibility index (Phi) is 4.05. The average Bonchev–Trinajstić information content (AvgIpc) is 2.43. The number of hydrazine groups is 1. The van der Waals surface area contributed by atoms with Crippen LogP contribution in [0, 0.1) is 0 Å². The van der Waals surface area contributed by atoms with Crippen LogP contribution in [0.15, 0.2) is 15.8 Å². The van der Waals surface area contributed by atoms with Crippen LogP contribution in [0.25, 0.3) is 0 Å². The smallest absolute Gasteiger partial charge is 0.304 e. The lowest BCUT2D eigenvalue weighted by Crippen LogP contribution is -2.53. The molecule has 1 saturated heterocycles. The van der Waals surface area contributed by atoms with E-state index in [0.717, 1.165) is 17.7 Å². The molecule has 0 aliphatic carbocycles. The number of carbonyl (C=O) groups is 1. The predicted octanol–water partition coefficient (Wildman–Crippen LogP) is -2.02. The Morgan fingerprint density at radius 3 is 2.30 bits per heavy atom. The molecule has 8 heteroatoms. The zero-order valence-corrected chi connectivity index (χ0v) is 11.9. The molecule has 1 aromatic rings. The minimum Gasteiger partial charge on any atom is -0.304 e. The largest absolute Gasteiger partial charge is 0.330 e. The summed E-state index contributed by atoms with van der Waals surface area (Å²) >= 11 is 0. The van der Waals surface area contributed by atoms with Crippen LogP contribution in [-0.2, 0) is 14.1 Å². The Morgan fingerprint density at radius 1 is 1.10 bits per heavy atom. The maximum absolute atomic E-state index is 12.1. The number of carbonyl (C=O) groups excluding carboxylic acids is 1. The lowest BCUT2D eigenvalue weighted by molar-refractivity contribution is 0.0659. The van der Waals surface area contributed by atoms with Crippen molar-refractivity contribution < 1.29 is 4.79 Å². The van der Waals surface area contributed by atoms with Gasteiger partial charge in [-0.1, -0.05) is 0 Å². The SMILES string of the molecule is CN1CCN(NC(=O)c2cn(C)c(=O)n(C)c2=O)CC1. The summed E-state index contributed by atoms with van der Waals surface area (Å²) in [6.45, 7) is 3.11. The number of nitrogens with one attached hydrogen (secondary N) is 1. The van der Waals surface area contributed by atoms with E-state index in [1.807, 2.05) is 7.05 Å². The molecule has 0 unspecified atom stereocenters. The summed E-state index contributed by atoms with van der Waals surface area (Å²) in [7, 11) is 4.88. The van der Waals surface area contributed by atoms with Gasteiger partial charge in [0.2, 0.25) is 0 Å². The van der Waals surface area contributed by atoms with E-state index in [1.165, 1.54) is 24.9 Å². The van der Waals surface area contributed by atoms with Crippen LogP contribution in [0.3, 0.4) is 0 Å². The van der Waals surface area contributed by atoms with E-state index in [9.17, 15) is 14.4 Å². The Labute approximate surface area is 116 Å². The van der Waals surface area contributed by atoms with Crippen LogP contribution in [0.4, 0.5) is 0 Å². The van der Waals surface area contributed by atoms with Crippen LogP contribution < -0.4 is 16.7 Å². The first kappa shape index (κ1) is 14.5. The number of piperazine rings is 1. The van der Waals surface area contributed by atoms with Crippen LogP contribution >= 0.6 is 0 Å². The van der Waals surface area contributed by atoms with Crippen LogP contribution in [-0.4, -0.2) is 58.2 Å². The maximum Gasteiger partial charge on any atom is 0.330 e. The number of amides is 1. The van der Waals surface area contributed by atoms with Gasteiger partial charge in [-0.15, -0.1) is 0 Å². The lowest BCUT2D eigenvalue weighted by atomic mass is 10.3. The van der Waals surface area contributed by atoms with Gasteiger partial charge in [0.25, 0.3) is 11.5 Å². The third-order valence-electron chi connectivity index (χ3n) is 3.45. The van der Waals surface area contributed by atoms with Gasteiger partial charge in [0.05, 0.1) is 0 Å². The third-order valence-corrected chi connectivity index (χ3v) is 3.45. The van der Waals surface area contributed by atoms with E-state index in [2.05, 4.69) is 10.3 Å². The topological polar surface area (TPSA) is 79.6 Å². The van der Waals surface area contributed by atoms with E-state index >= 15 is 0 Å². The normalized spacial score (nSPS) is 17.1. The molecule has 0 aromatic carbocycles. The molecule has 20 heavy (non-hydrogen) atoms. The second-order valence-electron chi connectivity index (χ2n) is 5.03. The van der Waals surface area contributed by atoms with Gasteiger partial charge < -0.3 is 9.47 Å². The van der Waals surface area contributed by atoms with E-state index in [1.54, 1.807) is 5.01 Å². The molecule has 2 rings (SSSR count). The number of aromatic nitrogens is 2. The highest BCUT2D eigenvalue weighted by atomic mass is 16.2. The molecular formula is C12H19N5O3. The molecule has 1 aromatic heterocycles. The Morgan fingerprint density at radius 2 is 1.70 bits per heavy atom. The Bertz CT molecular complexity index is 625. The fraction of sp³-hybridized carbons (Fsp3) is 0.583. The lowest BCUT2D eigenvalue weighted by Gasteiger charge is -2.32. The van der Waals surface area contributed by atoms with Crippen molar-refractivity contribution in [1.29, 1.82) is 0 Å². The van der Waals surface area contributed by atoms with E-state index in [-0.39, 0.29) is 5.56 Å². The number of aryl methyl sites for hydroxylation is 1. The summed E-state index contributed by atoms with van der Waals surface area (Å²) in [5.74, 6) is -0.481. The molecule has 1 amide bonds. The average molecular weight is 281 g/mol. The molecule has 2 heterocycles. The van der Waals surface area contributed by atoms with Gasteiger partial charge >= 0.3 is 5.69 Å². The Balaban J connectivity index is 2.18. The summed E-state index contributed by atoms with van der Waals surface area (Å²) in [6.07, 6.45) is 1.27. The molecule has 110 valence electrons. The molecule has 0 spiro atoms. The fourth-order valence-corrected chi connectivity index (χ4v) is 2.09. The van der Waals surface area contributed by atoms with Crippen LogP contribution in [0.2, 0.25) is 0 Å². The fourth-order valence-electron chi connectivity index (χ4n) is 2.09. The number of likely N-dealkylation sites (N-methyl/N-ethyl adjacent to an activating group) is 1. The first-order valence-electron chi connectivity index (χ1n) is 6.41. The first-order chi connectivity index (χ1) is 9.40. The zero-order valence-electron chi connectivity index (χ0n) is 11.9. The third kappa shape index (κ3) is 2.81. The highest BCUT2D eigenvalue weighted by Gasteiger charge is 2.19. The summed E-state index contributed by atoms with van der Waals surface area (Å²) in [6, 6.07) is 0. The van der Waals surface area contributed by atoms with Gasteiger partial charge in [-0.05, 0) is 7.05 Å². The number of rotatable bonds is 2. The van der Waals surface area contributed by atoms with Crippen LogP contribution in [0.1, 0.15) is 10.4 Å². The molecular weight excluding hydrogens is 262 g/mol. The Hall–Kier alpha value is -1.93. The van der Waals surface area contributed by atoms with Gasteiger partial charge in [-0.2, -0.15) is 0 Å². The first-order valence-corrected chi connectivity index (χ1v) is 6.41. The minimum absolute atomic E-state index is 0.0338. The highest BCUT2D eigenvalue weighted by molar-refractivity contribution is 5.93. The number of hydrogen-bond acceptors (Lipinski definition) is 5. The standard InChI is InChI=1S/C12H19N5O3/c1-14-4-6-17(7-5-14)13-10(18)9-8-15(2)12(20)16(3)11(9)19/h8H,4-7H2,1-3H3,(H,13,18). The second-order valence-corrected chi connectivity index (χ2v) is 5.03. The molecule has 1 aliphatic heterocycles. The van der Waals surface area contributed by atoms with Crippen molar-refractivity contribution in [2.24, 2.45) is 14.1 Å². The summed E-state index contributed by atoms with van der Waals surface area (Å²) in [5.41, 5.74) is 1.64. The van der Waals surface area contributed by atoms with E-state index < -0.39 is 17.2 Å². The molecule has 1 N–H and O–H groups in total. The number of nitrogens with zero attached hydrogens (tertiary/aromatic N) is 4. The predicted molar refractivity (Wildman–Crippen MR) is 73.5 cm³/mol. The van der Waals surface area contributed by atoms with Crippen molar-refractivity contribution in [3.8, 4) is 0 Å². The molecule has 0 saturated carbocycles. The quantitative estimate of drug-likeness (QED) is 0.677. The van der Waals surface area contributed by atoms with Crippen molar-refractivity contribution in [2.45, 2.75) is 0 Å². The molecule has 8 nitrogen and oxygen atoms in total. The minimum atomic E-state index is -0.584. The van der Waals surface area contributed by atoms with Gasteiger partial charge in [0.1, 0.15) is 5.56 Å². The molecule has 0 radical (unpaired) electrons. The van der Waals surface area contributed by atoms with Crippen molar-refractivity contribution >= 4 is 5.91 Å². The zero-order chi connectivity index (χ0) is 14.9. The van der Waals surface area contributed by atoms with Crippen molar-refractivity contribution in [2.75, 3.05) is 33.2 Å². The highest BCUT2D eigenvalue weighted by Crippen LogP contribution is 1.97. The number of hydrogen-bond donors (Lipinski definition) is 1. The molecule has 1 fully saturated rings. The summed E-state index contributed by atoms with van der Waals surface area (Å²) in [5, 5.41) is 1.78. The monoisotopic (exact) mass is 281 g/mol. The van der Waals surface area contributed by atoms with Crippen molar-refractivity contribution in [3.05, 3.63) is 32.6 Å². The van der Waals surface area contributed by atoms with E-state index in [0.29, 0.717) is 13.1 Å². The van der Waals surface area contributed by atoms with E-state index in [4.69, 9.17) is 0 Å². The van der Waals surface area contributed by atoms with Crippen molar-refractivity contribution in [3.63, 3.8) is 0 Å². The van der Waals surface area contributed by atoms with Crippen LogP contribution in [0.5, 0.6) is 0 Å². The molecule has 0 bridgehead atoms. The molecule has 1 aliphatic rings. The van der Waals surface area contributed by atoms with Gasteiger partial charge in [-0.3, -0.25) is 19.6 Å². The van der Waals surface area contributed by atoms with Gasteiger partial charge in [0.15, 0.2) is 0 Å². The van der Waals surface area contributed by atoms with Crippen molar-refractivity contribution in [1.82, 2.24) is 24.5 Å². The van der Waals surface area contributed by atoms with Gasteiger partial charge in [0, 0.05) is 46.5 Å². The second kappa shape index (κ2) is 5.59. The molecule has 0 atom stereocenters. The summed E-state index contributed by atoms with van der Waals surface area (Å²) < 4.78 is 2.15. The summed E-state index contributed by atoms with van der Waals surface area (Å²) in [4.78, 5) is 37.8. The maximum atomic E-state index is 12.1. The van der Waals surface area contributed by atoms with Gasteiger partial charge in [-0.25, -0.2) is 9.80 Å².